The first-order valence-corrected chi connectivity index (χ1v) is 5.82. The average Bonchev–Trinajstić information content (AvgIpc) is 2.25. The third kappa shape index (κ3) is 8.39. The molecule has 0 spiro atoms. The summed E-state index contributed by atoms with van der Waals surface area (Å²) in [7, 11) is 0. The second kappa shape index (κ2) is 9.93. The van der Waals surface area contributed by atoms with Crippen molar-refractivity contribution in [2.45, 2.75) is 39.7 Å². The zero-order valence-electron chi connectivity index (χ0n) is 10.1. The fourth-order valence-electron chi connectivity index (χ4n) is 1.26. The third-order valence-electron chi connectivity index (χ3n) is 2.26. The van der Waals surface area contributed by atoms with E-state index in [2.05, 4.69) is 24.5 Å². The molecule has 0 saturated carbocycles. The van der Waals surface area contributed by atoms with E-state index in [9.17, 15) is 4.79 Å². The maximum absolute atomic E-state index is 11.4. The highest BCUT2D eigenvalue weighted by molar-refractivity contribution is 5.78. The standard InChI is InChI=1S/C11H24N2O2/c1-4-10(5-2)13-11(14)9-12-7-8-15-6-3/h10,12H,4-9H2,1-3H3,(H,13,14). The SMILES string of the molecule is CCOCCNCC(=O)NC(CC)CC. The van der Waals surface area contributed by atoms with Gasteiger partial charge in [0.1, 0.15) is 0 Å². The van der Waals surface area contributed by atoms with E-state index in [4.69, 9.17) is 4.74 Å². The third-order valence-corrected chi connectivity index (χ3v) is 2.26. The van der Waals surface area contributed by atoms with Crippen LogP contribution in [0.3, 0.4) is 0 Å². The van der Waals surface area contributed by atoms with Gasteiger partial charge in [-0.2, -0.15) is 0 Å². The summed E-state index contributed by atoms with van der Waals surface area (Å²) in [6.45, 7) is 8.61. The molecule has 0 aromatic carbocycles. The summed E-state index contributed by atoms with van der Waals surface area (Å²) >= 11 is 0. The van der Waals surface area contributed by atoms with E-state index in [1.165, 1.54) is 0 Å². The van der Waals surface area contributed by atoms with E-state index in [0.717, 1.165) is 26.0 Å². The van der Waals surface area contributed by atoms with Crippen LogP contribution in [0.25, 0.3) is 0 Å². The van der Waals surface area contributed by atoms with Crippen molar-refractivity contribution in [1.82, 2.24) is 10.6 Å². The second-order valence-corrected chi connectivity index (χ2v) is 3.45. The van der Waals surface area contributed by atoms with Gasteiger partial charge in [-0.3, -0.25) is 4.79 Å². The maximum atomic E-state index is 11.4. The molecule has 4 heteroatoms. The molecule has 0 radical (unpaired) electrons. The van der Waals surface area contributed by atoms with Gasteiger partial charge in [0.25, 0.3) is 0 Å². The first-order valence-electron chi connectivity index (χ1n) is 5.82. The van der Waals surface area contributed by atoms with Crippen molar-refractivity contribution in [1.29, 1.82) is 0 Å². The summed E-state index contributed by atoms with van der Waals surface area (Å²) < 4.78 is 5.14. The number of nitrogens with one attached hydrogen (secondary N) is 2. The normalized spacial score (nSPS) is 10.7. The molecule has 0 aliphatic rings. The van der Waals surface area contributed by atoms with Crippen LogP contribution < -0.4 is 10.6 Å². The molecule has 0 heterocycles. The summed E-state index contributed by atoms with van der Waals surface area (Å²) in [6, 6.07) is 0.311. The van der Waals surface area contributed by atoms with Gasteiger partial charge in [0, 0.05) is 19.2 Å². The van der Waals surface area contributed by atoms with E-state index in [1.807, 2.05) is 6.92 Å². The largest absolute Gasteiger partial charge is 0.380 e. The molecule has 0 aromatic rings. The summed E-state index contributed by atoms with van der Waals surface area (Å²) in [6.07, 6.45) is 1.97. The molecule has 90 valence electrons. The van der Waals surface area contributed by atoms with Crippen molar-refractivity contribution in [3.05, 3.63) is 0 Å². The molecule has 0 unspecified atom stereocenters. The topological polar surface area (TPSA) is 50.4 Å². The van der Waals surface area contributed by atoms with Crippen molar-refractivity contribution in [3.63, 3.8) is 0 Å². The summed E-state index contributed by atoms with van der Waals surface area (Å²) in [5.74, 6) is 0.0696. The fourth-order valence-corrected chi connectivity index (χ4v) is 1.26. The molecule has 0 atom stereocenters. The van der Waals surface area contributed by atoms with Gasteiger partial charge in [0.2, 0.25) is 5.91 Å². The van der Waals surface area contributed by atoms with Crippen LogP contribution >= 0.6 is 0 Å². The quantitative estimate of drug-likeness (QED) is 0.563. The van der Waals surface area contributed by atoms with E-state index in [1.54, 1.807) is 0 Å². The molecule has 0 saturated heterocycles. The smallest absolute Gasteiger partial charge is 0.234 e. The van der Waals surface area contributed by atoms with Crippen molar-refractivity contribution in [2.75, 3.05) is 26.3 Å². The minimum Gasteiger partial charge on any atom is -0.380 e. The Balaban J connectivity index is 3.40. The molecule has 0 bridgehead atoms. The van der Waals surface area contributed by atoms with Gasteiger partial charge in [0.05, 0.1) is 13.2 Å². The number of ether oxygens (including phenoxy) is 1. The fraction of sp³-hybridized carbons (Fsp3) is 0.909. The Kier molecular flexibility index (Phi) is 9.52. The zero-order valence-corrected chi connectivity index (χ0v) is 10.1. The molecule has 0 aliphatic heterocycles. The number of hydrogen-bond donors (Lipinski definition) is 2. The first kappa shape index (κ1) is 14.4. The summed E-state index contributed by atoms with van der Waals surface area (Å²) in [5, 5.41) is 6.00. The zero-order chi connectivity index (χ0) is 11.5. The lowest BCUT2D eigenvalue weighted by Gasteiger charge is -2.14. The van der Waals surface area contributed by atoms with Crippen LogP contribution in [0.5, 0.6) is 0 Å². The Morgan fingerprint density at radius 2 is 1.93 bits per heavy atom. The van der Waals surface area contributed by atoms with Crippen molar-refractivity contribution in [3.8, 4) is 0 Å². The molecular formula is C11H24N2O2. The Labute approximate surface area is 92.8 Å². The van der Waals surface area contributed by atoms with Gasteiger partial charge in [0.15, 0.2) is 0 Å². The lowest BCUT2D eigenvalue weighted by Crippen LogP contribution is -2.40. The van der Waals surface area contributed by atoms with Crippen LogP contribution in [-0.2, 0) is 9.53 Å². The van der Waals surface area contributed by atoms with Gasteiger partial charge in [-0.05, 0) is 19.8 Å². The predicted octanol–water partition coefficient (Wildman–Crippen LogP) is 0.917. The number of hydrogen-bond acceptors (Lipinski definition) is 3. The van der Waals surface area contributed by atoms with E-state index < -0.39 is 0 Å². The van der Waals surface area contributed by atoms with Gasteiger partial charge >= 0.3 is 0 Å². The molecule has 1 amide bonds. The van der Waals surface area contributed by atoms with Crippen LogP contribution in [0.15, 0.2) is 0 Å². The van der Waals surface area contributed by atoms with Crippen LogP contribution in [0, 0.1) is 0 Å². The highest BCUT2D eigenvalue weighted by atomic mass is 16.5. The Bertz CT molecular complexity index is 159. The Morgan fingerprint density at radius 1 is 1.27 bits per heavy atom. The number of rotatable bonds is 9. The minimum atomic E-state index is 0.0696. The van der Waals surface area contributed by atoms with Crippen LogP contribution in [0.1, 0.15) is 33.6 Å². The van der Waals surface area contributed by atoms with Crippen LogP contribution in [0.2, 0.25) is 0 Å². The minimum absolute atomic E-state index is 0.0696. The van der Waals surface area contributed by atoms with E-state index in [-0.39, 0.29) is 5.91 Å². The molecule has 15 heavy (non-hydrogen) atoms. The lowest BCUT2D eigenvalue weighted by atomic mass is 10.2. The van der Waals surface area contributed by atoms with Gasteiger partial charge < -0.3 is 15.4 Å². The van der Waals surface area contributed by atoms with Crippen molar-refractivity contribution >= 4 is 5.91 Å². The molecule has 4 nitrogen and oxygen atoms in total. The molecule has 2 N–H and O–H groups in total. The first-order chi connectivity index (χ1) is 7.24. The Morgan fingerprint density at radius 3 is 2.47 bits per heavy atom. The van der Waals surface area contributed by atoms with E-state index >= 15 is 0 Å². The predicted molar refractivity (Wildman–Crippen MR) is 61.9 cm³/mol. The number of amides is 1. The van der Waals surface area contributed by atoms with Crippen molar-refractivity contribution < 1.29 is 9.53 Å². The molecule has 0 aliphatic carbocycles. The van der Waals surface area contributed by atoms with Gasteiger partial charge in [-0.1, -0.05) is 13.8 Å². The maximum Gasteiger partial charge on any atom is 0.234 e. The highest BCUT2D eigenvalue weighted by Crippen LogP contribution is 1.94. The molecule has 0 aromatic heterocycles. The summed E-state index contributed by atoms with van der Waals surface area (Å²) in [4.78, 5) is 11.4. The molecule has 0 rings (SSSR count). The Hall–Kier alpha value is -0.610. The van der Waals surface area contributed by atoms with Gasteiger partial charge in [-0.15, -0.1) is 0 Å². The molecule has 0 fully saturated rings. The monoisotopic (exact) mass is 216 g/mol. The van der Waals surface area contributed by atoms with Crippen LogP contribution in [-0.4, -0.2) is 38.3 Å². The van der Waals surface area contributed by atoms with Gasteiger partial charge in [-0.25, -0.2) is 0 Å². The van der Waals surface area contributed by atoms with Crippen LogP contribution in [0.4, 0.5) is 0 Å². The highest BCUT2D eigenvalue weighted by Gasteiger charge is 2.06. The summed E-state index contributed by atoms with van der Waals surface area (Å²) in [5.41, 5.74) is 0. The van der Waals surface area contributed by atoms with E-state index in [0.29, 0.717) is 19.2 Å². The van der Waals surface area contributed by atoms with Crippen molar-refractivity contribution in [2.24, 2.45) is 0 Å². The molecular weight excluding hydrogens is 192 g/mol. The second-order valence-electron chi connectivity index (χ2n) is 3.45. The number of carbonyl (C=O) groups is 1. The number of carbonyl (C=O) groups excluding carboxylic acids is 1. The average molecular weight is 216 g/mol. The lowest BCUT2D eigenvalue weighted by molar-refractivity contribution is -0.121.